The van der Waals surface area contributed by atoms with Crippen LogP contribution in [0.3, 0.4) is 0 Å². The van der Waals surface area contributed by atoms with Crippen molar-refractivity contribution in [2.75, 3.05) is 21.9 Å². The highest BCUT2D eigenvalue weighted by Gasteiger charge is 2.28. The van der Waals surface area contributed by atoms with E-state index in [4.69, 9.17) is 11.6 Å². The summed E-state index contributed by atoms with van der Waals surface area (Å²) in [6.45, 7) is 0.938. The molecule has 0 spiro atoms. The van der Waals surface area contributed by atoms with Crippen LogP contribution < -0.4 is 9.62 Å². The summed E-state index contributed by atoms with van der Waals surface area (Å²) in [5, 5.41) is 14.1. The van der Waals surface area contributed by atoms with Crippen LogP contribution in [-0.2, 0) is 16.6 Å². The average Bonchev–Trinajstić information content (AvgIpc) is 3.05. The van der Waals surface area contributed by atoms with E-state index in [1.165, 1.54) is 10.5 Å². The lowest BCUT2D eigenvalue weighted by atomic mass is 10.1. The van der Waals surface area contributed by atoms with Crippen molar-refractivity contribution in [1.82, 2.24) is 4.98 Å². The molecule has 8 heteroatoms. The molecule has 1 aliphatic heterocycles. The van der Waals surface area contributed by atoms with E-state index in [0.29, 0.717) is 41.5 Å². The van der Waals surface area contributed by atoms with Crippen LogP contribution in [0.1, 0.15) is 17.5 Å². The smallest absolute Gasteiger partial charge is 0.235 e. The minimum Gasteiger partial charge on any atom is -0.379 e. The number of pyridine rings is 1. The summed E-state index contributed by atoms with van der Waals surface area (Å²) < 4.78 is 25.8. The molecule has 2 aromatic carbocycles. The van der Waals surface area contributed by atoms with Gasteiger partial charge in [-0.1, -0.05) is 23.7 Å². The van der Waals surface area contributed by atoms with Gasteiger partial charge in [0, 0.05) is 29.7 Å². The first-order chi connectivity index (χ1) is 13.5. The number of nitrogens with one attached hydrogen (secondary N) is 1. The standard InChI is InChI=1S/C20H17ClN4O2S/c21-16-5-6-19-18(10-16)20(15(11-22)13-23-19)24-12-14-3-1-4-17(9-14)25-7-2-8-28(25,26)27/h1,3-6,9-10,13H,2,7-8,12H2,(H,23,24). The van der Waals surface area contributed by atoms with Gasteiger partial charge in [-0.15, -0.1) is 0 Å². The van der Waals surface area contributed by atoms with Gasteiger partial charge in [-0.25, -0.2) is 8.42 Å². The molecule has 0 saturated carbocycles. The zero-order valence-electron chi connectivity index (χ0n) is 14.9. The molecule has 28 heavy (non-hydrogen) atoms. The molecule has 0 unspecified atom stereocenters. The minimum atomic E-state index is -3.22. The summed E-state index contributed by atoms with van der Waals surface area (Å²) in [5.41, 5.74) is 3.40. The number of hydrogen-bond donors (Lipinski definition) is 1. The number of nitriles is 1. The van der Waals surface area contributed by atoms with Crippen molar-refractivity contribution in [3.05, 3.63) is 64.8 Å². The number of hydrogen-bond acceptors (Lipinski definition) is 5. The van der Waals surface area contributed by atoms with E-state index in [0.717, 1.165) is 16.5 Å². The highest BCUT2D eigenvalue weighted by atomic mass is 35.5. The third-order valence-electron chi connectivity index (χ3n) is 4.72. The maximum atomic E-state index is 12.2. The van der Waals surface area contributed by atoms with Crippen LogP contribution in [0.5, 0.6) is 0 Å². The first-order valence-electron chi connectivity index (χ1n) is 8.79. The van der Waals surface area contributed by atoms with Gasteiger partial charge < -0.3 is 5.32 Å². The number of rotatable bonds is 4. The van der Waals surface area contributed by atoms with Crippen LogP contribution in [0.15, 0.2) is 48.7 Å². The monoisotopic (exact) mass is 412 g/mol. The maximum Gasteiger partial charge on any atom is 0.235 e. The van der Waals surface area contributed by atoms with E-state index < -0.39 is 10.0 Å². The predicted molar refractivity (Wildman–Crippen MR) is 111 cm³/mol. The Balaban J connectivity index is 1.65. The summed E-state index contributed by atoms with van der Waals surface area (Å²) >= 11 is 6.12. The van der Waals surface area contributed by atoms with Gasteiger partial charge in [-0.3, -0.25) is 9.29 Å². The Morgan fingerprint density at radius 3 is 2.86 bits per heavy atom. The van der Waals surface area contributed by atoms with Crippen molar-refractivity contribution < 1.29 is 8.42 Å². The second kappa shape index (κ2) is 7.30. The first kappa shape index (κ1) is 18.5. The Hall–Kier alpha value is -2.82. The third kappa shape index (κ3) is 3.49. The van der Waals surface area contributed by atoms with Crippen LogP contribution in [-0.4, -0.2) is 25.7 Å². The lowest BCUT2D eigenvalue weighted by Gasteiger charge is -2.18. The predicted octanol–water partition coefficient (Wildman–Crippen LogP) is 3.91. The largest absolute Gasteiger partial charge is 0.379 e. The molecule has 0 radical (unpaired) electrons. The second-order valence-corrected chi connectivity index (χ2v) is 9.03. The van der Waals surface area contributed by atoms with E-state index in [2.05, 4.69) is 16.4 Å². The maximum absolute atomic E-state index is 12.2. The fourth-order valence-corrected chi connectivity index (χ4v) is 5.11. The highest BCUT2D eigenvalue weighted by molar-refractivity contribution is 7.93. The molecule has 3 aromatic rings. The molecule has 4 rings (SSSR count). The summed E-state index contributed by atoms with van der Waals surface area (Å²) in [6, 6.07) is 14.9. The number of aromatic nitrogens is 1. The number of halogens is 1. The highest BCUT2D eigenvalue weighted by Crippen LogP contribution is 2.29. The lowest BCUT2D eigenvalue weighted by Crippen LogP contribution is -2.25. The molecule has 0 bridgehead atoms. The molecule has 1 fully saturated rings. The molecule has 2 heterocycles. The Kier molecular flexibility index (Phi) is 4.84. The van der Waals surface area contributed by atoms with Gasteiger partial charge in [0.05, 0.1) is 28.2 Å². The summed E-state index contributed by atoms with van der Waals surface area (Å²) in [6.07, 6.45) is 2.17. The Morgan fingerprint density at radius 2 is 2.11 bits per heavy atom. The number of benzene rings is 2. The number of anilines is 2. The number of nitrogens with zero attached hydrogens (tertiary/aromatic N) is 3. The van der Waals surface area contributed by atoms with Crippen LogP contribution in [0.4, 0.5) is 11.4 Å². The SMILES string of the molecule is N#Cc1cnc2ccc(Cl)cc2c1NCc1cccc(N2CCCS2(=O)=O)c1. The summed E-state index contributed by atoms with van der Waals surface area (Å²) in [7, 11) is -3.22. The Bertz CT molecular complexity index is 1200. The Labute approximate surface area is 168 Å². The van der Waals surface area contributed by atoms with Crippen LogP contribution in [0.2, 0.25) is 5.02 Å². The zero-order valence-corrected chi connectivity index (χ0v) is 16.5. The molecule has 1 N–H and O–H groups in total. The minimum absolute atomic E-state index is 0.185. The molecule has 0 amide bonds. The molecular formula is C20H17ClN4O2S. The average molecular weight is 413 g/mol. The van der Waals surface area contributed by atoms with Gasteiger partial charge in [-0.2, -0.15) is 5.26 Å². The molecule has 1 aliphatic rings. The molecule has 1 saturated heterocycles. The fraction of sp³-hybridized carbons (Fsp3) is 0.200. The van der Waals surface area contributed by atoms with Crippen LogP contribution >= 0.6 is 11.6 Å². The summed E-state index contributed by atoms with van der Waals surface area (Å²) in [4.78, 5) is 4.30. The first-order valence-corrected chi connectivity index (χ1v) is 10.8. The number of fused-ring (bicyclic) bond motifs is 1. The molecule has 142 valence electrons. The van der Waals surface area contributed by atoms with Crippen molar-refractivity contribution in [2.45, 2.75) is 13.0 Å². The van der Waals surface area contributed by atoms with Gasteiger partial charge in [0.25, 0.3) is 0 Å². The Morgan fingerprint density at radius 1 is 1.25 bits per heavy atom. The molecule has 0 aliphatic carbocycles. The van der Waals surface area contributed by atoms with Gasteiger partial charge in [0.2, 0.25) is 10.0 Å². The molecule has 1 aromatic heterocycles. The summed E-state index contributed by atoms with van der Waals surface area (Å²) in [5.74, 6) is 0.185. The molecule has 0 atom stereocenters. The molecular weight excluding hydrogens is 396 g/mol. The van der Waals surface area contributed by atoms with Crippen molar-refractivity contribution in [3.8, 4) is 6.07 Å². The quantitative estimate of drug-likeness (QED) is 0.702. The van der Waals surface area contributed by atoms with E-state index in [1.54, 1.807) is 18.2 Å². The second-order valence-electron chi connectivity index (χ2n) is 6.59. The molecule has 6 nitrogen and oxygen atoms in total. The fourth-order valence-electron chi connectivity index (χ4n) is 3.38. The third-order valence-corrected chi connectivity index (χ3v) is 6.82. The van der Waals surface area contributed by atoms with Crippen molar-refractivity contribution in [2.24, 2.45) is 0 Å². The lowest BCUT2D eigenvalue weighted by molar-refractivity contribution is 0.599. The van der Waals surface area contributed by atoms with Crippen molar-refractivity contribution >= 4 is 43.9 Å². The van der Waals surface area contributed by atoms with E-state index in [9.17, 15) is 13.7 Å². The van der Waals surface area contributed by atoms with Crippen LogP contribution in [0.25, 0.3) is 10.9 Å². The zero-order chi connectivity index (χ0) is 19.7. The van der Waals surface area contributed by atoms with Gasteiger partial charge in [-0.05, 0) is 42.3 Å². The van der Waals surface area contributed by atoms with E-state index >= 15 is 0 Å². The van der Waals surface area contributed by atoms with Crippen molar-refractivity contribution in [1.29, 1.82) is 5.26 Å². The van der Waals surface area contributed by atoms with Gasteiger partial charge in [0.15, 0.2) is 0 Å². The number of sulfonamides is 1. The van der Waals surface area contributed by atoms with Gasteiger partial charge in [0.1, 0.15) is 6.07 Å². The normalized spacial score (nSPS) is 15.5. The topological polar surface area (TPSA) is 86.1 Å². The van der Waals surface area contributed by atoms with Crippen LogP contribution in [0, 0.1) is 11.3 Å². The van der Waals surface area contributed by atoms with E-state index in [1.807, 2.05) is 24.3 Å². The van der Waals surface area contributed by atoms with Crippen molar-refractivity contribution in [3.63, 3.8) is 0 Å². The van der Waals surface area contributed by atoms with E-state index in [-0.39, 0.29) is 5.75 Å². The van der Waals surface area contributed by atoms with Gasteiger partial charge >= 0.3 is 0 Å².